The number of hydrogen-bond donors (Lipinski definition) is 3. The number of carbonyl (C=O) groups excluding carboxylic acids is 4. The summed E-state index contributed by atoms with van der Waals surface area (Å²) >= 11 is 0. The van der Waals surface area contributed by atoms with Crippen molar-refractivity contribution < 1.29 is 23.9 Å². The molecule has 0 radical (unpaired) electrons. The van der Waals surface area contributed by atoms with Gasteiger partial charge in [0.2, 0.25) is 11.8 Å². The van der Waals surface area contributed by atoms with Crippen LogP contribution >= 0.6 is 0 Å². The second kappa shape index (κ2) is 14.3. The van der Waals surface area contributed by atoms with Crippen LogP contribution in [0.25, 0.3) is 0 Å². The molecule has 0 aliphatic carbocycles. The fraction of sp³-hybridized carbons (Fsp3) is 0.600. The molecule has 0 saturated carbocycles. The number of alkyl carbamates (subject to hydrolysis) is 1. The lowest BCUT2D eigenvalue weighted by Crippen LogP contribution is -2.56. The van der Waals surface area contributed by atoms with Crippen molar-refractivity contribution in [3.8, 4) is 0 Å². The maximum Gasteiger partial charge on any atom is 0.408 e. The average Bonchev–Trinajstić information content (AvgIpc) is 2.74. The zero-order chi connectivity index (χ0) is 25.0. The summed E-state index contributed by atoms with van der Waals surface area (Å²) in [6, 6.07) is 6.92. The number of hydrogen-bond acceptors (Lipinski definition) is 5. The molecule has 0 saturated heterocycles. The van der Waals surface area contributed by atoms with Gasteiger partial charge in [-0.15, -0.1) is 0 Å². The Morgan fingerprint density at radius 1 is 0.818 bits per heavy atom. The highest BCUT2D eigenvalue weighted by molar-refractivity contribution is 5.92. The van der Waals surface area contributed by atoms with Crippen molar-refractivity contribution >= 4 is 24.2 Å². The monoisotopic (exact) mass is 461 g/mol. The molecule has 0 aliphatic heterocycles. The third kappa shape index (κ3) is 11.0. The van der Waals surface area contributed by atoms with Crippen LogP contribution in [0.15, 0.2) is 30.3 Å². The zero-order valence-corrected chi connectivity index (χ0v) is 20.6. The summed E-state index contributed by atoms with van der Waals surface area (Å²) in [4.78, 5) is 49.5. The first kappa shape index (κ1) is 28.1. The Kier molecular flexibility index (Phi) is 12.2. The second-order valence-corrected chi connectivity index (χ2v) is 9.49. The van der Waals surface area contributed by atoms with Gasteiger partial charge in [0, 0.05) is 0 Å². The molecule has 184 valence electrons. The van der Waals surface area contributed by atoms with E-state index in [1.54, 1.807) is 0 Å². The quantitative estimate of drug-likeness (QED) is 0.391. The Morgan fingerprint density at radius 2 is 1.33 bits per heavy atom. The molecule has 0 fully saturated rings. The Morgan fingerprint density at radius 3 is 1.82 bits per heavy atom. The second-order valence-electron chi connectivity index (χ2n) is 9.49. The van der Waals surface area contributed by atoms with Crippen LogP contribution in [0.2, 0.25) is 0 Å². The number of ether oxygens (including phenoxy) is 1. The van der Waals surface area contributed by atoms with Gasteiger partial charge in [0.05, 0.1) is 6.04 Å². The van der Waals surface area contributed by atoms with Crippen molar-refractivity contribution in [1.82, 2.24) is 16.0 Å². The van der Waals surface area contributed by atoms with E-state index in [2.05, 4.69) is 16.0 Å². The maximum absolute atomic E-state index is 13.0. The van der Waals surface area contributed by atoms with E-state index in [-0.39, 0.29) is 24.4 Å². The molecule has 1 aromatic carbocycles. The van der Waals surface area contributed by atoms with Crippen molar-refractivity contribution in [2.24, 2.45) is 17.8 Å². The summed E-state index contributed by atoms with van der Waals surface area (Å²) in [6.07, 6.45) is 0.771. The minimum absolute atomic E-state index is 0.0726. The van der Waals surface area contributed by atoms with E-state index in [9.17, 15) is 19.2 Å². The van der Waals surface area contributed by atoms with E-state index < -0.39 is 36.0 Å². The van der Waals surface area contributed by atoms with Crippen LogP contribution in [0.1, 0.15) is 59.9 Å². The first-order chi connectivity index (χ1) is 15.5. The summed E-state index contributed by atoms with van der Waals surface area (Å²) in [5, 5.41) is 8.09. The Bertz CT molecular complexity index is 765. The van der Waals surface area contributed by atoms with Crippen LogP contribution < -0.4 is 16.0 Å². The number of carbonyl (C=O) groups is 4. The lowest BCUT2D eigenvalue weighted by atomic mass is 9.99. The van der Waals surface area contributed by atoms with E-state index in [4.69, 9.17) is 4.74 Å². The molecule has 3 N–H and O–H groups in total. The van der Waals surface area contributed by atoms with Gasteiger partial charge in [0.15, 0.2) is 0 Å². The Balaban J connectivity index is 2.84. The molecule has 0 heterocycles. The molecular weight excluding hydrogens is 422 g/mol. The van der Waals surface area contributed by atoms with E-state index >= 15 is 0 Å². The minimum atomic E-state index is -0.859. The predicted octanol–water partition coefficient (Wildman–Crippen LogP) is 3.20. The van der Waals surface area contributed by atoms with Gasteiger partial charge in [-0.05, 0) is 36.2 Å². The molecule has 1 rings (SSSR count). The van der Waals surface area contributed by atoms with Gasteiger partial charge in [-0.3, -0.25) is 9.59 Å². The number of benzene rings is 1. The van der Waals surface area contributed by atoms with Crippen LogP contribution in [0.4, 0.5) is 4.79 Å². The lowest BCUT2D eigenvalue weighted by Gasteiger charge is -2.26. The third-order valence-corrected chi connectivity index (χ3v) is 5.04. The Hall–Kier alpha value is -2.90. The van der Waals surface area contributed by atoms with E-state index in [0.29, 0.717) is 19.1 Å². The normalized spacial score (nSPS) is 13.8. The van der Waals surface area contributed by atoms with Crippen molar-refractivity contribution in [2.45, 2.75) is 79.1 Å². The molecular formula is C25H39N3O5. The van der Waals surface area contributed by atoms with Crippen LogP contribution in [0.3, 0.4) is 0 Å². The van der Waals surface area contributed by atoms with Gasteiger partial charge in [-0.1, -0.05) is 71.9 Å². The topological polar surface area (TPSA) is 114 Å². The highest BCUT2D eigenvalue weighted by Gasteiger charge is 2.29. The first-order valence-electron chi connectivity index (χ1n) is 11.6. The number of aldehydes is 1. The van der Waals surface area contributed by atoms with Gasteiger partial charge in [0.25, 0.3) is 0 Å². The third-order valence-electron chi connectivity index (χ3n) is 5.04. The molecule has 0 spiro atoms. The van der Waals surface area contributed by atoms with Crippen LogP contribution in [0.5, 0.6) is 0 Å². The number of amides is 3. The molecule has 0 unspecified atom stereocenters. The predicted molar refractivity (Wildman–Crippen MR) is 127 cm³/mol. The highest BCUT2D eigenvalue weighted by atomic mass is 16.5. The molecule has 0 aromatic heterocycles. The van der Waals surface area contributed by atoms with Crippen LogP contribution in [-0.4, -0.2) is 42.3 Å². The number of nitrogens with one attached hydrogen (secondary N) is 3. The molecule has 8 nitrogen and oxygen atoms in total. The molecule has 8 heteroatoms. The van der Waals surface area contributed by atoms with Crippen molar-refractivity contribution in [3.63, 3.8) is 0 Å². The van der Waals surface area contributed by atoms with E-state index in [0.717, 1.165) is 5.56 Å². The summed E-state index contributed by atoms with van der Waals surface area (Å²) < 4.78 is 5.25. The van der Waals surface area contributed by atoms with Gasteiger partial charge < -0.3 is 25.5 Å². The molecule has 0 bridgehead atoms. The van der Waals surface area contributed by atoms with Crippen molar-refractivity contribution in [3.05, 3.63) is 35.9 Å². The fourth-order valence-corrected chi connectivity index (χ4v) is 3.21. The van der Waals surface area contributed by atoms with Gasteiger partial charge in [-0.2, -0.15) is 0 Å². The van der Waals surface area contributed by atoms with E-state index in [1.807, 2.05) is 71.9 Å². The molecule has 33 heavy (non-hydrogen) atoms. The summed E-state index contributed by atoms with van der Waals surface area (Å²) in [5.74, 6) is -0.710. The van der Waals surface area contributed by atoms with Crippen molar-refractivity contribution in [2.75, 3.05) is 0 Å². The lowest BCUT2D eigenvalue weighted by molar-refractivity contribution is -0.131. The fourth-order valence-electron chi connectivity index (χ4n) is 3.21. The van der Waals surface area contributed by atoms with Gasteiger partial charge >= 0.3 is 6.09 Å². The van der Waals surface area contributed by atoms with E-state index in [1.165, 1.54) is 0 Å². The SMILES string of the molecule is CC(C)C[C@H](NC(=O)OCc1ccccc1)C(=O)N[C@@H](CC(C)C)C(=O)N[C@H](C=O)C(C)C. The number of rotatable bonds is 13. The smallest absolute Gasteiger partial charge is 0.408 e. The Labute approximate surface area is 197 Å². The van der Waals surface area contributed by atoms with Crippen LogP contribution in [-0.2, 0) is 25.7 Å². The van der Waals surface area contributed by atoms with Gasteiger partial charge in [-0.25, -0.2) is 4.79 Å². The van der Waals surface area contributed by atoms with Gasteiger partial charge in [0.1, 0.15) is 25.0 Å². The molecule has 3 amide bonds. The highest BCUT2D eigenvalue weighted by Crippen LogP contribution is 2.10. The molecule has 0 aliphatic rings. The first-order valence-corrected chi connectivity index (χ1v) is 11.6. The van der Waals surface area contributed by atoms with Crippen molar-refractivity contribution in [1.29, 1.82) is 0 Å². The largest absolute Gasteiger partial charge is 0.445 e. The maximum atomic E-state index is 13.0. The van der Waals surface area contributed by atoms with Crippen LogP contribution in [0, 0.1) is 17.8 Å². The summed E-state index contributed by atoms with van der Waals surface area (Å²) in [5.41, 5.74) is 0.834. The zero-order valence-electron chi connectivity index (χ0n) is 20.6. The summed E-state index contributed by atoms with van der Waals surface area (Å²) in [7, 11) is 0. The average molecular weight is 462 g/mol. The molecule has 1 aromatic rings. The summed E-state index contributed by atoms with van der Waals surface area (Å²) in [6.45, 7) is 11.5. The minimum Gasteiger partial charge on any atom is -0.445 e. The molecule has 3 atom stereocenters. The standard InChI is InChI=1S/C25H39N3O5/c1-16(2)12-20(23(30)27-22(14-29)18(5)6)26-24(31)21(13-17(3)4)28-25(32)33-15-19-10-8-7-9-11-19/h7-11,14,16-18,20-22H,12-13,15H2,1-6H3,(H,26,31)(H,27,30)(H,28,32)/t20-,21-,22+/m0/s1.